The molecule has 2 N–H and O–H groups in total. The van der Waals surface area contributed by atoms with Crippen molar-refractivity contribution in [2.45, 2.75) is 25.5 Å². The lowest BCUT2D eigenvalue weighted by atomic mass is 10.3. The van der Waals surface area contributed by atoms with Crippen LogP contribution in [0.3, 0.4) is 0 Å². The molecular formula is C8H14N2O3. The van der Waals surface area contributed by atoms with Crippen molar-refractivity contribution in [2.24, 2.45) is 0 Å². The van der Waals surface area contributed by atoms with Crippen LogP contribution in [0.1, 0.15) is 13.3 Å². The van der Waals surface area contributed by atoms with Crippen molar-refractivity contribution in [3.63, 3.8) is 0 Å². The van der Waals surface area contributed by atoms with Crippen LogP contribution < -0.4 is 5.32 Å². The second-order valence-electron chi connectivity index (χ2n) is 3.19. The Kier molecular flexibility index (Phi) is 2.87. The zero-order valence-electron chi connectivity index (χ0n) is 7.78. The van der Waals surface area contributed by atoms with Gasteiger partial charge in [-0.15, -0.1) is 0 Å². The topological polar surface area (TPSA) is 69.6 Å². The van der Waals surface area contributed by atoms with Crippen LogP contribution in [-0.4, -0.2) is 47.6 Å². The molecule has 0 aromatic heterocycles. The highest BCUT2D eigenvalue weighted by Gasteiger charge is 2.33. The lowest BCUT2D eigenvalue weighted by Gasteiger charge is -2.22. The average molecular weight is 186 g/mol. The Hall–Kier alpha value is -1.10. The fourth-order valence-corrected chi connectivity index (χ4v) is 1.44. The largest absolute Gasteiger partial charge is 0.391 e. The van der Waals surface area contributed by atoms with Crippen LogP contribution in [0.4, 0.5) is 0 Å². The lowest BCUT2D eigenvalue weighted by molar-refractivity contribution is -0.136. The number of hydrogen-bond acceptors (Lipinski definition) is 3. The SMILES string of the molecule is CNC(=O)C(C)N1CC(O)CC1=O. The molecule has 0 aliphatic carbocycles. The molecule has 1 saturated heterocycles. The van der Waals surface area contributed by atoms with Gasteiger partial charge in [0.05, 0.1) is 12.5 Å². The zero-order chi connectivity index (χ0) is 10.0. The highest BCUT2D eigenvalue weighted by Crippen LogP contribution is 2.13. The lowest BCUT2D eigenvalue weighted by Crippen LogP contribution is -2.45. The number of carbonyl (C=O) groups excluding carboxylic acids is 2. The molecule has 0 radical (unpaired) electrons. The molecule has 5 heteroatoms. The minimum atomic E-state index is -0.625. The number of aliphatic hydroxyl groups excluding tert-OH is 1. The molecule has 0 saturated carbocycles. The molecule has 1 fully saturated rings. The van der Waals surface area contributed by atoms with Crippen LogP contribution in [0.2, 0.25) is 0 Å². The highest BCUT2D eigenvalue weighted by atomic mass is 16.3. The maximum absolute atomic E-state index is 11.2. The molecule has 1 aliphatic rings. The van der Waals surface area contributed by atoms with Crippen molar-refractivity contribution in [3.8, 4) is 0 Å². The van der Waals surface area contributed by atoms with Crippen LogP contribution in [-0.2, 0) is 9.59 Å². The molecule has 2 atom stereocenters. The Labute approximate surface area is 76.7 Å². The first kappa shape index (κ1) is 9.98. The van der Waals surface area contributed by atoms with E-state index in [9.17, 15) is 14.7 Å². The van der Waals surface area contributed by atoms with E-state index in [2.05, 4.69) is 5.32 Å². The summed E-state index contributed by atoms with van der Waals surface area (Å²) in [5.74, 6) is -0.369. The maximum Gasteiger partial charge on any atom is 0.242 e. The molecule has 0 spiro atoms. The number of likely N-dealkylation sites (N-methyl/N-ethyl adjacent to an activating group) is 1. The third-order valence-electron chi connectivity index (χ3n) is 2.23. The number of hydrogen-bond donors (Lipinski definition) is 2. The van der Waals surface area contributed by atoms with Gasteiger partial charge in [0.2, 0.25) is 11.8 Å². The van der Waals surface area contributed by atoms with Crippen LogP contribution in [0.5, 0.6) is 0 Å². The monoisotopic (exact) mass is 186 g/mol. The van der Waals surface area contributed by atoms with Gasteiger partial charge in [0.25, 0.3) is 0 Å². The van der Waals surface area contributed by atoms with Gasteiger partial charge in [-0.05, 0) is 6.92 Å². The van der Waals surface area contributed by atoms with Gasteiger partial charge >= 0.3 is 0 Å². The van der Waals surface area contributed by atoms with E-state index in [1.54, 1.807) is 6.92 Å². The fourth-order valence-electron chi connectivity index (χ4n) is 1.44. The number of aliphatic hydroxyl groups is 1. The van der Waals surface area contributed by atoms with E-state index in [0.29, 0.717) is 0 Å². The van der Waals surface area contributed by atoms with Crippen molar-refractivity contribution in [2.75, 3.05) is 13.6 Å². The second-order valence-corrected chi connectivity index (χ2v) is 3.19. The standard InChI is InChI=1S/C8H14N2O3/c1-5(8(13)9-2)10-4-6(11)3-7(10)12/h5-6,11H,3-4H2,1-2H3,(H,9,13). The van der Waals surface area contributed by atoms with Crippen LogP contribution >= 0.6 is 0 Å². The van der Waals surface area contributed by atoms with Crippen molar-refractivity contribution in [3.05, 3.63) is 0 Å². The van der Waals surface area contributed by atoms with Gasteiger partial charge in [-0.1, -0.05) is 0 Å². The summed E-state index contributed by atoms with van der Waals surface area (Å²) in [7, 11) is 1.52. The van der Waals surface area contributed by atoms with Gasteiger partial charge < -0.3 is 15.3 Å². The number of carbonyl (C=O) groups is 2. The number of amides is 2. The summed E-state index contributed by atoms with van der Waals surface area (Å²) >= 11 is 0. The third-order valence-corrected chi connectivity index (χ3v) is 2.23. The Morgan fingerprint density at radius 1 is 1.77 bits per heavy atom. The number of rotatable bonds is 2. The minimum absolute atomic E-state index is 0.126. The Morgan fingerprint density at radius 3 is 2.77 bits per heavy atom. The summed E-state index contributed by atoms with van der Waals surface area (Å²) in [6.07, 6.45) is -0.499. The molecule has 2 unspecified atom stereocenters. The average Bonchev–Trinajstić information content (AvgIpc) is 2.42. The van der Waals surface area contributed by atoms with Crippen LogP contribution in [0.15, 0.2) is 0 Å². The van der Waals surface area contributed by atoms with Crippen molar-refractivity contribution >= 4 is 11.8 Å². The summed E-state index contributed by atoms with van der Waals surface area (Å²) < 4.78 is 0. The van der Waals surface area contributed by atoms with Gasteiger partial charge in [-0.25, -0.2) is 0 Å². The second kappa shape index (κ2) is 3.74. The summed E-state index contributed by atoms with van der Waals surface area (Å²) in [5.41, 5.74) is 0. The molecule has 1 aliphatic heterocycles. The first-order valence-corrected chi connectivity index (χ1v) is 4.25. The molecule has 2 amide bonds. The maximum atomic E-state index is 11.2. The van der Waals surface area contributed by atoms with Crippen LogP contribution in [0.25, 0.3) is 0 Å². The molecule has 1 rings (SSSR count). The van der Waals surface area contributed by atoms with Crippen molar-refractivity contribution in [1.29, 1.82) is 0 Å². The first-order valence-electron chi connectivity index (χ1n) is 4.25. The molecule has 1 heterocycles. The minimum Gasteiger partial charge on any atom is -0.391 e. The molecule has 5 nitrogen and oxygen atoms in total. The molecular weight excluding hydrogens is 172 g/mol. The normalized spacial score (nSPS) is 24.7. The third kappa shape index (κ3) is 1.98. The Morgan fingerprint density at radius 2 is 2.38 bits per heavy atom. The van der Waals surface area contributed by atoms with E-state index in [1.807, 2.05) is 0 Å². The van der Waals surface area contributed by atoms with E-state index in [1.165, 1.54) is 11.9 Å². The smallest absolute Gasteiger partial charge is 0.242 e. The van der Waals surface area contributed by atoms with E-state index < -0.39 is 12.1 Å². The van der Waals surface area contributed by atoms with Crippen molar-refractivity contribution < 1.29 is 14.7 Å². The number of nitrogens with one attached hydrogen (secondary N) is 1. The van der Waals surface area contributed by atoms with Gasteiger partial charge in [-0.2, -0.15) is 0 Å². The number of β-amino-alcohol motifs (C(OH)–C–C–N with tert-alkyl or cyclic N) is 1. The predicted octanol–water partition coefficient (Wildman–Crippen LogP) is -1.29. The molecule has 74 valence electrons. The Balaban J connectivity index is 2.62. The molecule has 0 aromatic carbocycles. The Bertz CT molecular complexity index is 229. The molecule has 13 heavy (non-hydrogen) atoms. The van der Waals surface area contributed by atoms with Crippen LogP contribution in [0, 0.1) is 0 Å². The van der Waals surface area contributed by atoms with E-state index >= 15 is 0 Å². The molecule has 0 bridgehead atoms. The van der Waals surface area contributed by atoms with Crippen molar-refractivity contribution in [1.82, 2.24) is 10.2 Å². The summed E-state index contributed by atoms with van der Waals surface area (Å²) in [6, 6.07) is -0.491. The number of nitrogens with zero attached hydrogens (tertiary/aromatic N) is 1. The number of likely N-dealkylation sites (tertiary alicyclic amines) is 1. The molecule has 0 aromatic rings. The van der Waals surface area contributed by atoms with Gasteiger partial charge in [0.15, 0.2) is 0 Å². The fraction of sp³-hybridized carbons (Fsp3) is 0.750. The summed E-state index contributed by atoms with van der Waals surface area (Å²) in [4.78, 5) is 23.8. The highest BCUT2D eigenvalue weighted by molar-refractivity contribution is 5.88. The van der Waals surface area contributed by atoms with Gasteiger partial charge in [-0.3, -0.25) is 9.59 Å². The zero-order valence-corrected chi connectivity index (χ0v) is 7.78. The van der Waals surface area contributed by atoms with E-state index in [0.717, 1.165) is 0 Å². The summed E-state index contributed by atoms with van der Waals surface area (Å²) in [5, 5.41) is 11.6. The predicted molar refractivity (Wildman–Crippen MR) is 45.9 cm³/mol. The van der Waals surface area contributed by atoms with Gasteiger partial charge in [0.1, 0.15) is 6.04 Å². The quantitative estimate of drug-likeness (QED) is 0.564. The van der Waals surface area contributed by atoms with Gasteiger partial charge in [0, 0.05) is 13.6 Å². The first-order chi connectivity index (χ1) is 6.06. The van der Waals surface area contributed by atoms with E-state index in [-0.39, 0.29) is 24.8 Å². The summed E-state index contributed by atoms with van der Waals surface area (Å²) in [6.45, 7) is 1.90. The van der Waals surface area contributed by atoms with E-state index in [4.69, 9.17) is 0 Å².